The van der Waals surface area contributed by atoms with Crippen molar-refractivity contribution >= 4 is 0 Å². The molecule has 0 fully saturated rings. The van der Waals surface area contributed by atoms with Crippen LogP contribution in [0.15, 0.2) is 267 Å². The third-order valence-electron chi connectivity index (χ3n) is 16.8. The SMILES string of the molecule is Cc1ccc(C(c2ccccc2)(c2ccccc2)c2ccc(C)cc2)cc1.Cc1ccc(C)c2c1C1c3ccccc3C2c2ccccc21.Cc1ccc(C2(c3ccc(C)cc3)c3ccccc3-c3ccccc32)cc1. The van der Waals surface area contributed by atoms with Gasteiger partial charge in [-0.3, -0.25) is 0 Å². The molecule has 0 heterocycles. The van der Waals surface area contributed by atoms with E-state index in [9.17, 15) is 0 Å². The molecule has 0 amide bonds. The van der Waals surface area contributed by atoms with Gasteiger partial charge in [-0.15, -0.1) is 0 Å². The van der Waals surface area contributed by atoms with Crippen molar-refractivity contribution in [1.82, 2.24) is 0 Å². The summed E-state index contributed by atoms with van der Waals surface area (Å²) in [6.45, 7) is 13.1. The third-order valence-corrected chi connectivity index (χ3v) is 16.8. The predicted octanol–water partition coefficient (Wildman–Crippen LogP) is 18.6. The van der Waals surface area contributed by atoms with Crippen LogP contribution in [0.4, 0.5) is 0 Å². The van der Waals surface area contributed by atoms with Crippen molar-refractivity contribution in [2.24, 2.45) is 0 Å². The van der Waals surface area contributed by atoms with E-state index in [1.165, 1.54) is 111 Å². The highest BCUT2D eigenvalue weighted by Crippen LogP contribution is 2.58. The lowest BCUT2D eigenvalue weighted by Crippen LogP contribution is -2.31. The first-order valence-corrected chi connectivity index (χ1v) is 27.1. The topological polar surface area (TPSA) is 0 Å². The average Bonchev–Trinajstić information content (AvgIpc) is 3.90. The molecule has 4 aliphatic carbocycles. The smallest absolute Gasteiger partial charge is 0.0622 e. The molecular formula is C76H64. The second kappa shape index (κ2) is 19.9. The summed E-state index contributed by atoms with van der Waals surface area (Å²) in [4.78, 5) is 0. The quantitative estimate of drug-likeness (QED) is 0.146. The summed E-state index contributed by atoms with van der Waals surface area (Å²) in [5.41, 5.74) is 29.7. The molecule has 0 heteroatoms. The number of aryl methyl sites for hydroxylation is 6. The van der Waals surface area contributed by atoms with E-state index in [4.69, 9.17) is 0 Å². The molecule has 11 aromatic carbocycles. The van der Waals surface area contributed by atoms with Crippen molar-refractivity contribution in [1.29, 1.82) is 0 Å². The van der Waals surface area contributed by atoms with E-state index in [-0.39, 0.29) is 10.8 Å². The molecule has 4 aliphatic rings. The Morgan fingerprint density at radius 1 is 0.263 bits per heavy atom. The lowest BCUT2D eigenvalue weighted by Gasteiger charge is -2.43. The van der Waals surface area contributed by atoms with Crippen molar-refractivity contribution in [2.45, 2.75) is 64.2 Å². The summed E-state index contributed by atoms with van der Waals surface area (Å²) >= 11 is 0. The van der Waals surface area contributed by atoms with E-state index in [0.717, 1.165) is 0 Å². The minimum absolute atomic E-state index is 0.269. The highest BCUT2D eigenvalue weighted by Gasteiger charge is 2.46. The van der Waals surface area contributed by atoms with E-state index >= 15 is 0 Å². The molecule has 76 heavy (non-hydrogen) atoms. The largest absolute Gasteiger partial charge is 0.0713 e. The fourth-order valence-electron chi connectivity index (χ4n) is 13.3. The number of hydrogen-bond acceptors (Lipinski definition) is 0. The van der Waals surface area contributed by atoms with Crippen molar-refractivity contribution in [3.8, 4) is 11.1 Å². The molecule has 15 rings (SSSR count). The third kappa shape index (κ3) is 7.98. The summed E-state index contributed by atoms with van der Waals surface area (Å²) in [5, 5.41) is 0. The monoisotopic (exact) mass is 977 g/mol. The van der Waals surface area contributed by atoms with Crippen LogP contribution < -0.4 is 0 Å². The number of fused-ring (bicyclic) bond motifs is 3. The van der Waals surface area contributed by atoms with Gasteiger partial charge in [0.1, 0.15) is 0 Å². The van der Waals surface area contributed by atoms with Gasteiger partial charge in [0.05, 0.1) is 10.8 Å². The zero-order valence-corrected chi connectivity index (χ0v) is 44.6. The van der Waals surface area contributed by atoms with Gasteiger partial charge in [0, 0.05) is 11.8 Å². The molecule has 0 aliphatic heterocycles. The Balaban J connectivity index is 0.000000116. The van der Waals surface area contributed by atoms with Gasteiger partial charge in [0.15, 0.2) is 0 Å². The van der Waals surface area contributed by atoms with E-state index in [1.54, 1.807) is 11.1 Å². The molecule has 0 aromatic heterocycles. The Kier molecular flexibility index (Phi) is 12.7. The van der Waals surface area contributed by atoms with Gasteiger partial charge in [0.2, 0.25) is 0 Å². The maximum Gasteiger partial charge on any atom is 0.0713 e. The fourth-order valence-corrected chi connectivity index (χ4v) is 13.3. The molecule has 0 nitrogen and oxygen atoms in total. The highest BCUT2D eigenvalue weighted by atomic mass is 14.5. The van der Waals surface area contributed by atoms with Crippen LogP contribution in [-0.2, 0) is 10.8 Å². The van der Waals surface area contributed by atoms with Crippen LogP contribution in [0, 0.1) is 41.5 Å². The highest BCUT2D eigenvalue weighted by molar-refractivity contribution is 5.86. The van der Waals surface area contributed by atoms with Gasteiger partial charge in [0.25, 0.3) is 0 Å². The molecule has 0 radical (unpaired) electrons. The molecule has 2 bridgehead atoms. The molecule has 0 saturated carbocycles. The molecule has 368 valence electrons. The van der Waals surface area contributed by atoms with E-state index in [1.807, 2.05) is 0 Å². The first kappa shape index (κ1) is 48.4. The average molecular weight is 977 g/mol. The molecular weight excluding hydrogens is 913 g/mol. The van der Waals surface area contributed by atoms with Gasteiger partial charge in [-0.25, -0.2) is 0 Å². The lowest BCUT2D eigenvalue weighted by molar-refractivity contribution is 0.743. The number of rotatable bonds is 6. The summed E-state index contributed by atoms with van der Waals surface area (Å²) in [6.07, 6.45) is 0. The summed E-state index contributed by atoms with van der Waals surface area (Å²) in [5.74, 6) is 0.819. The Labute approximate surface area is 451 Å². The van der Waals surface area contributed by atoms with Crippen LogP contribution in [-0.4, -0.2) is 0 Å². The first-order valence-electron chi connectivity index (χ1n) is 27.1. The van der Waals surface area contributed by atoms with Crippen molar-refractivity contribution in [3.05, 3.63) is 378 Å². The zero-order valence-electron chi connectivity index (χ0n) is 44.6. The van der Waals surface area contributed by atoms with E-state index < -0.39 is 0 Å². The minimum Gasteiger partial charge on any atom is -0.0622 e. The first-order chi connectivity index (χ1) is 37.2. The molecule has 0 N–H and O–H groups in total. The van der Waals surface area contributed by atoms with Gasteiger partial charge >= 0.3 is 0 Å². The predicted molar refractivity (Wildman–Crippen MR) is 318 cm³/mol. The van der Waals surface area contributed by atoms with E-state index in [2.05, 4.69) is 308 Å². The normalized spacial score (nSPS) is 14.8. The van der Waals surface area contributed by atoms with Gasteiger partial charge < -0.3 is 0 Å². The molecule has 0 atom stereocenters. The van der Waals surface area contributed by atoms with Crippen molar-refractivity contribution in [3.63, 3.8) is 0 Å². The molecule has 0 spiro atoms. The van der Waals surface area contributed by atoms with Gasteiger partial charge in [-0.1, -0.05) is 289 Å². The van der Waals surface area contributed by atoms with Crippen LogP contribution >= 0.6 is 0 Å². The molecule has 0 saturated heterocycles. The van der Waals surface area contributed by atoms with Gasteiger partial charge in [-0.2, -0.15) is 0 Å². The maximum absolute atomic E-state index is 2.33. The Bertz CT molecular complexity index is 3450. The second-order valence-corrected chi connectivity index (χ2v) is 21.4. The Morgan fingerprint density at radius 2 is 0.539 bits per heavy atom. The minimum atomic E-state index is -0.343. The summed E-state index contributed by atoms with van der Waals surface area (Å²) < 4.78 is 0. The van der Waals surface area contributed by atoms with Crippen LogP contribution in [0.2, 0.25) is 0 Å². The van der Waals surface area contributed by atoms with Crippen LogP contribution in [0.1, 0.15) is 123 Å². The number of benzene rings is 11. The number of hydrogen-bond donors (Lipinski definition) is 0. The Morgan fingerprint density at radius 3 is 0.882 bits per heavy atom. The Hall–Kier alpha value is -8.58. The van der Waals surface area contributed by atoms with Crippen LogP contribution in [0.3, 0.4) is 0 Å². The fraction of sp³-hybridized carbons (Fsp3) is 0.132. The second-order valence-electron chi connectivity index (χ2n) is 21.4. The maximum atomic E-state index is 2.33. The molecule has 11 aromatic rings. The zero-order chi connectivity index (χ0) is 52.0. The van der Waals surface area contributed by atoms with Crippen molar-refractivity contribution < 1.29 is 0 Å². The summed E-state index contributed by atoms with van der Waals surface area (Å²) in [7, 11) is 0. The lowest BCUT2D eigenvalue weighted by atomic mass is 9.59. The van der Waals surface area contributed by atoms with E-state index in [0.29, 0.717) is 11.8 Å². The summed E-state index contributed by atoms with van der Waals surface area (Å²) in [6, 6.07) is 98.1. The standard InChI is InChI=1S/C27H22.C27H24.C22H18/c1-19-11-15-21(16-12-19)27(22-17-13-20(2)14-18-22)25-9-5-3-7-23(25)24-8-4-6-10-26(24)27;1-21-13-17-25(18-14-21)27(23-9-5-3-6-10-23,24-11-7-4-8-12-24)26-19-15-22(2)16-20-26;1-13-11-12-14(2)20-19(13)21-15-7-3-5-9-17(15)22(20)18-10-6-4-8-16(18)21/h3-18H,1-2H3;3-20H,1-2H3;3-12,21-22H,1-2H3. The van der Waals surface area contributed by atoms with Gasteiger partial charge in [-0.05, 0) is 142 Å². The molecule has 0 unspecified atom stereocenters. The van der Waals surface area contributed by atoms with Crippen molar-refractivity contribution in [2.75, 3.05) is 0 Å². The van der Waals surface area contributed by atoms with Crippen LogP contribution in [0.5, 0.6) is 0 Å². The van der Waals surface area contributed by atoms with Crippen LogP contribution in [0.25, 0.3) is 11.1 Å².